The Balaban J connectivity index is 2.52. The van der Waals surface area contributed by atoms with Crippen LogP contribution in [0.2, 0.25) is 0 Å². The predicted molar refractivity (Wildman–Crippen MR) is 66.5 cm³/mol. The lowest BCUT2D eigenvalue weighted by Crippen LogP contribution is -2.04. The molecular formula is C13H10O3S. The molecule has 0 saturated carbocycles. The van der Waals surface area contributed by atoms with E-state index in [0.717, 1.165) is 22.8 Å². The molecule has 2 aromatic rings. The topological polar surface area (TPSA) is 54.4 Å². The Morgan fingerprint density at radius 1 is 1.12 bits per heavy atom. The standard InChI is InChI=1S/C13H10O3S/c14-17(15,16)12-8-7-10-4-1-3-9-5-2-6-11(12)13(9)10/h1-4,6-8H,5H2,(H,14,15,16). The molecule has 0 amide bonds. The molecule has 0 fully saturated rings. The highest BCUT2D eigenvalue weighted by Crippen LogP contribution is 2.32. The average Bonchev–Trinajstić information content (AvgIpc) is 2.28. The summed E-state index contributed by atoms with van der Waals surface area (Å²) in [6.45, 7) is 0. The van der Waals surface area contributed by atoms with Gasteiger partial charge in [0.15, 0.2) is 0 Å². The molecule has 0 unspecified atom stereocenters. The van der Waals surface area contributed by atoms with Gasteiger partial charge in [-0.05, 0) is 28.8 Å². The number of rotatable bonds is 1. The van der Waals surface area contributed by atoms with Crippen molar-refractivity contribution >= 4 is 27.0 Å². The van der Waals surface area contributed by atoms with Crippen LogP contribution in [0, 0.1) is 0 Å². The maximum Gasteiger partial charge on any atom is 0.295 e. The summed E-state index contributed by atoms with van der Waals surface area (Å²) in [4.78, 5) is -0.0200. The molecule has 3 rings (SSSR count). The molecule has 0 aromatic heterocycles. The van der Waals surface area contributed by atoms with Crippen molar-refractivity contribution in [3.8, 4) is 0 Å². The first-order chi connectivity index (χ1) is 8.07. The highest BCUT2D eigenvalue weighted by molar-refractivity contribution is 7.86. The summed E-state index contributed by atoms with van der Waals surface area (Å²) in [5.74, 6) is 0. The SMILES string of the molecule is O=S(=O)(O)c1ccc2cccc3c2c1C=CC3. The second kappa shape index (κ2) is 3.42. The minimum atomic E-state index is -4.17. The van der Waals surface area contributed by atoms with Crippen LogP contribution in [0.4, 0.5) is 0 Å². The van der Waals surface area contributed by atoms with Gasteiger partial charge in [0.25, 0.3) is 10.1 Å². The smallest absolute Gasteiger partial charge is 0.282 e. The fraction of sp³-hybridized carbons (Fsp3) is 0.0769. The largest absolute Gasteiger partial charge is 0.295 e. The lowest BCUT2D eigenvalue weighted by Gasteiger charge is -2.14. The summed E-state index contributed by atoms with van der Waals surface area (Å²) in [7, 11) is -4.17. The van der Waals surface area contributed by atoms with Crippen LogP contribution in [-0.2, 0) is 16.5 Å². The Hall–Kier alpha value is -1.65. The van der Waals surface area contributed by atoms with Crippen molar-refractivity contribution in [1.29, 1.82) is 0 Å². The van der Waals surface area contributed by atoms with Gasteiger partial charge in [-0.2, -0.15) is 8.42 Å². The minimum Gasteiger partial charge on any atom is -0.282 e. The van der Waals surface area contributed by atoms with E-state index < -0.39 is 10.1 Å². The summed E-state index contributed by atoms with van der Waals surface area (Å²) < 4.78 is 31.8. The van der Waals surface area contributed by atoms with Crippen LogP contribution in [0.25, 0.3) is 16.8 Å². The van der Waals surface area contributed by atoms with Crippen molar-refractivity contribution in [2.45, 2.75) is 11.3 Å². The van der Waals surface area contributed by atoms with Gasteiger partial charge in [-0.25, -0.2) is 0 Å². The van der Waals surface area contributed by atoms with Gasteiger partial charge in [-0.15, -0.1) is 0 Å². The molecule has 1 aliphatic carbocycles. The van der Waals surface area contributed by atoms with Gasteiger partial charge in [0.1, 0.15) is 4.90 Å². The number of allylic oxidation sites excluding steroid dienone is 1. The van der Waals surface area contributed by atoms with Gasteiger partial charge in [0.05, 0.1) is 0 Å². The first-order valence-electron chi connectivity index (χ1n) is 5.26. The molecule has 86 valence electrons. The minimum absolute atomic E-state index is 0.0200. The van der Waals surface area contributed by atoms with Gasteiger partial charge in [-0.1, -0.05) is 36.4 Å². The third-order valence-electron chi connectivity index (χ3n) is 3.03. The van der Waals surface area contributed by atoms with Gasteiger partial charge in [0, 0.05) is 5.56 Å². The second-order valence-electron chi connectivity index (χ2n) is 4.07. The fourth-order valence-corrected chi connectivity index (χ4v) is 3.02. The molecule has 1 N–H and O–H groups in total. The normalized spacial score (nSPS) is 14.2. The molecule has 0 saturated heterocycles. The van der Waals surface area contributed by atoms with E-state index in [0.29, 0.717) is 5.56 Å². The van der Waals surface area contributed by atoms with Crippen LogP contribution in [-0.4, -0.2) is 13.0 Å². The quantitative estimate of drug-likeness (QED) is 0.787. The summed E-state index contributed by atoms with van der Waals surface area (Å²) in [6.07, 6.45) is 4.46. The summed E-state index contributed by atoms with van der Waals surface area (Å²) in [5.41, 5.74) is 1.68. The summed E-state index contributed by atoms with van der Waals surface area (Å²) >= 11 is 0. The number of hydrogen-bond donors (Lipinski definition) is 1. The van der Waals surface area contributed by atoms with Crippen LogP contribution in [0.5, 0.6) is 0 Å². The van der Waals surface area contributed by atoms with Crippen molar-refractivity contribution in [2.75, 3.05) is 0 Å². The lowest BCUT2D eigenvalue weighted by molar-refractivity contribution is 0.483. The third-order valence-corrected chi connectivity index (χ3v) is 3.94. The Bertz CT molecular complexity index is 743. The number of benzene rings is 2. The Morgan fingerprint density at radius 2 is 1.94 bits per heavy atom. The molecule has 0 heterocycles. The van der Waals surface area contributed by atoms with E-state index in [1.54, 1.807) is 12.1 Å². The zero-order chi connectivity index (χ0) is 12.0. The molecule has 0 bridgehead atoms. The van der Waals surface area contributed by atoms with Crippen molar-refractivity contribution < 1.29 is 13.0 Å². The Morgan fingerprint density at radius 3 is 2.71 bits per heavy atom. The maximum absolute atomic E-state index is 11.3. The molecule has 3 nitrogen and oxygen atoms in total. The van der Waals surface area contributed by atoms with Gasteiger partial charge in [0.2, 0.25) is 0 Å². The summed E-state index contributed by atoms with van der Waals surface area (Å²) in [6, 6.07) is 9.04. The van der Waals surface area contributed by atoms with Crippen molar-refractivity contribution in [3.63, 3.8) is 0 Å². The van der Waals surface area contributed by atoms with Gasteiger partial charge in [-0.3, -0.25) is 4.55 Å². The zero-order valence-electron chi connectivity index (χ0n) is 8.92. The van der Waals surface area contributed by atoms with E-state index in [2.05, 4.69) is 0 Å². The highest BCUT2D eigenvalue weighted by Gasteiger charge is 2.19. The highest BCUT2D eigenvalue weighted by atomic mass is 32.2. The first kappa shape index (κ1) is 10.5. The molecule has 17 heavy (non-hydrogen) atoms. The lowest BCUT2D eigenvalue weighted by atomic mass is 9.93. The Kier molecular flexibility index (Phi) is 2.11. The van der Waals surface area contributed by atoms with E-state index in [4.69, 9.17) is 0 Å². The van der Waals surface area contributed by atoms with E-state index in [9.17, 15) is 13.0 Å². The van der Waals surface area contributed by atoms with E-state index in [1.807, 2.05) is 24.3 Å². The molecule has 0 atom stereocenters. The van der Waals surface area contributed by atoms with Crippen LogP contribution < -0.4 is 0 Å². The van der Waals surface area contributed by atoms with Crippen LogP contribution in [0.1, 0.15) is 11.1 Å². The maximum atomic E-state index is 11.3. The zero-order valence-corrected chi connectivity index (χ0v) is 9.74. The van der Waals surface area contributed by atoms with E-state index in [-0.39, 0.29) is 4.90 Å². The van der Waals surface area contributed by atoms with E-state index >= 15 is 0 Å². The molecule has 4 heteroatoms. The Labute approximate surface area is 99.1 Å². The molecular weight excluding hydrogens is 236 g/mol. The monoisotopic (exact) mass is 246 g/mol. The predicted octanol–water partition coefficient (Wildman–Crippen LogP) is 2.66. The summed E-state index contributed by atoms with van der Waals surface area (Å²) in [5, 5.41) is 1.92. The van der Waals surface area contributed by atoms with E-state index in [1.165, 1.54) is 6.07 Å². The third kappa shape index (κ3) is 1.57. The number of hydrogen-bond acceptors (Lipinski definition) is 2. The molecule has 1 aliphatic rings. The van der Waals surface area contributed by atoms with Crippen molar-refractivity contribution in [1.82, 2.24) is 0 Å². The van der Waals surface area contributed by atoms with Crippen molar-refractivity contribution in [3.05, 3.63) is 47.5 Å². The van der Waals surface area contributed by atoms with Crippen LogP contribution in [0.3, 0.4) is 0 Å². The van der Waals surface area contributed by atoms with Gasteiger partial charge >= 0.3 is 0 Å². The average molecular weight is 246 g/mol. The first-order valence-corrected chi connectivity index (χ1v) is 6.70. The van der Waals surface area contributed by atoms with Crippen molar-refractivity contribution in [2.24, 2.45) is 0 Å². The molecule has 2 aromatic carbocycles. The fourth-order valence-electron chi connectivity index (χ4n) is 2.33. The van der Waals surface area contributed by atoms with Gasteiger partial charge < -0.3 is 0 Å². The van der Waals surface area contributed by atoms with Crippen LogP contribution in [0.15, 0.2) is 41.3 Å². The molecule has 0 aliphatic heterocycles. The van der Waals surface area contributed by atoms with Crippen LogP contribution >= 0.6 is 0 Å². The second-order valence-corrected chi connectivity index (χ2v) is 5.46. The molecule has 0 radical (unpaired) electrons. The molecule has 0 spiro atoms.